The van der Waals surface area contributed by atoms with Crippen LogP contribution in [0.25, 0.3) is 21.9 Å². The second-order valence-electron chi connectivity index (χ2n) is 11.3. The van der Waals surface area contributed by atoms with Crippen LogP contribution < -0.4 is 5.73 Å². The summed E-state index contributed by atoms with van der Waals surface area (Å²) in [5, 5.41) is 0.960. The molecule has 184 valence electrons. The van der Waals surface area contributed by atoms with Crippen LogP contribution in [0.5, 0.6) is 0 Å². The van der Waals surface area contributed by atoms with E-state index in [9.17, 15) is 9.18 Å². The molecular formula is C30H31FN4O. The summed E-state index contributed by atoms with van der Waals surface area (Å²) in [6.45, 7) is 0. The zero-order valence-corrected chi connectivity index (χ0v) is 20.4. The normalized spacial score (nSPS) is 24.4. The van der Waals surface area contributed by atoms with Gasteiger partial charge in [0, 0.05) is 29.6 Å². The van der Waals surface area contributed by atoms with E-state index < -0.39 is 5.91 Å². The van der Waals surface area contributed by atoms with E-state index in [0.29, 0.717) is 17.5 Å². The Balaban J connectivity index is 1.20. The maximum absolute atomic E-state index is 14.1. The Bertz CT molecular complexity index is 1490. The first-order chi connectivity index (χ1) is 17.5. The smallest absolute Gasteiger partial charge is 0.248 e. The van der Waals surface area contributed by atoms with Crippen molar-refractivity contribution in [1.82, 2.24) is 14.5 Å². The Morgan fingerprint density at radius 1 is 1.00 bits per heavy atom. The molecule has 3 aliphatic rings. The molecule has 0 unspecified atom stereocenters. The van der Waals surface area contributed by atoms with Gasteiger partial charge < -0.3 is 10.3 Å². The second kappa shape index (κ2) is 8.12. The van der Waals surface area contributed by atoms with Gasteiger partial charge in [-0.25, -0.2) is 9.37 Å². The predicted molar refractivity (Wildman–Crippen MR) is 138 cm³/mol. The van der Waals surface area contributed by atoms with E-state index in [1.807, 2.05) is 24.4 Å². The van der Waals surface area contributed by atoms with Crippen molar-refractivity contribution in [3.63, 3.8) is 0 Å². The first kappa shape index (κ1) is 22.0. The average molecular weight is 483 g/mol. The molecular weight excluding hydrogens is 451 g/mol. The van der Waals surface area contributed by atoms with Crippen molar-refractivity contribution in [3.05, 3.63) is 71.4 Å². The molecule has 3 saturated carbocycles. The lowest BCUT2D eigenvalue weighted by Crippen LogP contribution is -2.32. The number of aromatic nitrogens is 3. The highest BCUT2D eigenvalue weighted by atomic mass is 19.1. The monoisotopic (exact) mass is 482 g/mol. The van der Waals surface area contributed by atoms with E-state index in [0.717, 1.165) is 47.1 Å². The summed E-state index contributed by atoms with van der Waals surface area (Å²) < 4.78 is 16.5. The number of halogens is 1. The summed E-state index contributed by atoms with van der Waals surface area (Å²) in [5.74, 6) is 1.77. The van der Waals surface area contributed by atoms with E-state index >= 15 is 0 Å². The quantitative estimate of drug-likeness (QED) is 0.343. The number of fused-ring (bicyclic) bond motifs is 2. The van der Waals surface area contributed by atoms with Crippen molar-refractivity contribution >= 4 is 27.8 Å². The number of imidazole rings is 1. The number of hydrogen-bond donors (Lipinski definition) is 1. The number of hydrogen-bond acceptors (Lipinski definition) is 3. The lowest BCUT2D eigenvalue weighted by atomic mass is 9.64. The van der Waals surface area contributed by atoms with Crippen LogP contribution in [0.1, 0.15) is 85.1 Å². The van der Waals surface area contributed by atoms with Crippen LogP contribution in [0, 0.1) is 17.2 Å². The van der Waals surface area contributed by atoms with Gasteiger partial charge in [-0.3, -0.25) is 9.78 Å². The zero-order valence-electron chi connectivity index (χ0n) is 20.4. The van der Waals surface area contributed by atoms with Gasteiger partial charge in [0.2, 0.25) is 5.91 Å². The predicted octanol–water partition coefficient (Wildman–Crippen LogP) is 6.45. The van der Waals surface area contributed by atoms with Gasteiger partial charge in [0.15, 0.2) is 0 Å². The number of rotatable bonds is 6. The second-order valence-corrected chi connectivity index (χ2v) is 11.3. The third kappa shape index (κ3) is 3.69. The lowest BCUT2D eigenvalue weighted by molar-refractivity contribution is 0.100. The summed E-state index contributed by atoms with van der Waals surface area (Å²) in [6.07, 6.45) is 12.4. The standard InChI is InChI=1S/C30H31FN4O/c31-21-4-7-25-24(16-21)23(11-14-33-25)18-9-12-30(13-10-18,20-2-3-20)17-28-34-26-15-19(29(32)36)1-8-27(26)35(28)22-5-6-22/h1,4,7-8,11,14-16,18,20,22H,2-3,5-6,9-10,12-13,17H2,(H2,32,36). The van der Waals surface area contributed by atoms with Gasteiger partial charge in [-0.15, -0.1) is 0 Å². The summed E-state index contributed by atoms with van der Waals surface area (Å²) in [5.41, 5.74) is 10.5. The van der Waals surface area contributed by atoms with Crippen LogP contribution in [-0.2, 0) is 6.42 Å². The number of carbonyl (C=O) groups is 1. The number of nitrogens with zero attached hydrogens (tertiary/aromatic N) is 3. The SMILES string of the molecule is NC(=O)c1ccc2c(c1)nc(CC1(C3CC3)CCC(c3ccnc4ccc(F)cc34)CC1)n2C1CC1. The Kier molecular flexibility index (Phi) is 4.95. The van der Waals surface area contributed by atoms with E-state index in [4.69, 9.17) is 10.7 Å². The van der Waals surface area contributed by atoms with Gasteiger partial charge in [-0.05, 0) is 117 Å². The van der Waals surface area contributed by atoms with Crippen LogP contribution >= 0.6 is 0 Å². The van der Waals surface area contributed by atoms with Crippen molar-refractivity contribution in [2.45, 2.75) is 69.7 Å². The fourth-order valence-corrected chi connectivity index (χ4v) is 6.91. The topological polar surface area (TPSA) is 73.8 Å². The fraction of sp³-hybridized carbons (Fsp3) is 0.433. The molecule has 0 spiro atoms. The first-order valence-electron chi connectivity index (χ1n) is 13.4. The van der Waals surface area contributed by atoms with E-state index in [2.05, 4.69) is 15.6 Å². The number of nitrogens with two attached hydrogens (primary N) is 1. The number of primary amides is 1. The zero-order chi connectivity index (χ0) is 24.4. The molecule has 4 aromatic rings. The van der Waals surface area contributed by atoms with Gasteiger partial charge >= 0.3 is 0 Å². The molecule has 3 fully saturated rings. The van der Waals surface area contributed by atoms with Crippen LogP contribution in [0.3, 0.4) is 0 Å². The fourth-order valence-electron chi connectivity index (χ4n) is 6.91. The lowest BCUT2D eigenvalue weighted by Gasteiger charge is -2.41. The first-order valence-corrected chi connectivity index (χ1v) is 13.4. The van der Waals surface area contributed by atoms with Crippen LogP contribution in [0.2, 0.25) is 0 Å². The van der Waals surface area contributed by atoms with Crippen molar-refractivity contribution in [3.8, 4) is 0 Å². The van der Waals surface area contributed by atoms with Gasteiger partial charge in [-0.2, -0.15) is 0 Å². The Hall–Kier alpha value is -3.28. The minimum Gasteiger partial charge on any atom is -0.366 e. The van der Waals surface area contributed by atoms with Gasteiger partial charge in [0.1, 0.15) is 11.6 Å². The average Bonchev–Trinajstić information content (AvgIpc) is 3.81. The largest absolute Gasteiger partial charge is 0.366 e. The number of benzene rings is 2. The van der Waals surface area contributed by atoms with Gasteiger partial charge in [0.25, 0.3) is 0 Å². The van der Waals surface area contributed by atoms with Crippen molar-refractivity contribution in [1.29, 1.82) is 0 Å². The molecule has 1 amide bonds. The van der Waals surface area contributed by atoms with Crippen molar-refractivity contribution < 1.29 is 9.18 Å². The van der Waals surface area contributed by atoms with E-state index in [-0.39, 0.29) is 11.2 Å². The molecule has 2 heterocycles. The Morgan fingerprint density at radius 3 is 2.53 bits per heavy atom. The third-order valence-corrected chi connectivity index (χ3v) is 9.07. The summed E-state index contributed by atoms with van der Waals surface area (Å²) >= 11 is 0. The molecule has 2 aromatic heterocycles. The minimum atomic E-state index is -0.407. The Labute approximate surface area is 209 Å². The number of pyridine rings is 1. The molecule has 5 nitrogen and oxygen atoms in total. The molecule has 7 rings (SSSR count). The molecule has 36 heavy (non-hydrogen) atoms. The molecule has 2 N–H and O–H groups in total. The van der Waals surface area contributed by atoms with Gasteiger partial charge in [0.05, 0.1) is 16.6 Å². The maximum Gasteiger partial charge on any atom is 0.248 e. The van der Waals surface area contributed by atoms with Crippen molar-refractivity contribution in [2.75, 3.05) is 0 Å². The molecule has 0 atom stereocenters. The number of amides is 1. The molecule has 0 bridgehead atoms. The van der Waals surface area contributed by atoms with Crippen LogP contribution in [0.4, 0.5) is 4.39 Å². The molecule has 2 aromatic carbocycles. The van der Waals surface area contributed by atoms with Crippen molar-refractivity contribution in [2.24, 2.45) is 17.1 Å². The highest BCUT2D eigenvalue weighted by Gasteiger charge is 2.48. The minimum absolute atomic E-state index is 0.196. The Morgan fingerprint density at radius 2 is 1.81 bits per heavy atom. The molecule has 3 aliphatic carbocycles. The van der Waals surface area contributed by atoms with Crippen LogP contribution in [0.15, 0.2) is 48.7 Å². The summed E-state index contributed by atoms with van der Waals surface area (Å²) in [7, 11) is 0. The molecule has 6 heteroatoms. The summed E-state index contributed by atoms with van der Waals surface area (Å²) in [4.78, 5) is 21.3. The van der Waals surface area contributed by atoms with Crippen LogP contribution in [-0.4, -0.2) is 20.4 Å². The highest BCUT2D eigenvalue weighted by Crippen LogP contribution is 2.58. The summed E-state index contributed by atoms with van der Waals surface area (Å²) in [6, 6.07) is 13.3. The third-order valence-electron chi connectivity index (χ3n) is 9.07. The van der Waals surface area contributed by atoms with Gasteiger partial charge in [-0.1, -0.05) is 0 Å². The maximum atomic E-state index is 14.1. The van der Waals surface area contributed by atoms with E-state index in [1.54, 1.807) is 12.1 Å². The number of carbonyl (C=O) groups excluding carboxylic acids is 1. The molecule has 0 radical (unpaired) electrons. The molecule has 0 aliphatic heterocycles. The highest BCUT2D eigenvalue weighted by molar-refractivity contribution is 5.96. The van der Waals surface area contributed by atoms with E-state index in [1.165, 1.54) is 56.0 Å². The molecule has 0 saturated heterocycles.